The van der Waals surface area contributed by atoms with Crippen LogP contribution in [0.25, 0.3) is 0 Å². The van der Waals surface area contributed by atoms with Crippen LogP contribution in [0.1, 0.15) is 12.0 Å². The number of hydrogen-bond donors (Lipinski definition) is 0. The van der Waals surface area contributed by atoms with Crippen LogP contribution < -0.4 is 4.74 Å². The Balaban J connectivity index is 3.06. The maximum Gasteiger partial charge on any atom is 0.274 e. The molecule has 16 heavy (non-hydrogen) atoms. The number of non-ortho nitro benzene ring substituents is 1. The van der Waals surface area contributed by atoms with Crippen LogP contribution in [-0.2, 0) is 0 Å². The smallest absolute Gasteiger partial charge is 0.274 e. The molecule has 0 N–H and O–H groups in total. The van der Waals surface area contributed by atoms with E-state index in [9.17, 15) is 10.1 Å². The van der Waals surface area contributed by atoms with Crippen molar-refractivity contribution in [3.8, 4) is 17.6 Å². The molecule has 1 aromatic carbocycles. The van der Waals surface area contributed by atoms with E-state index < -0.39 is 4.92 Å². The summed E-state index contributed by atoms with van der Waals surface area (Å²) in [5.41, 5.74) is 0.519. The average Bonchev–Trinajstić information content (AvgIpc) is 2.29. The summed E-state index contributed by atoms with van der Waals surface area (Å²) in [5, 5.41) is 10.6. The molecule has 0 radical (unpaired) electrons. The predicted octanol–water partition coefficient (Wildman–Crippen LogP) is 2.58. The van der Waals surface area contributed by atoms with Gasteiger partial charge in [0.1, 0.15) is 5.75 Å². The molecule has 0 atom stereocenters. The van der Waals surface area contributed by atoms with Crippen LogP contribution >= 0.6 is 11.6 Å². The van der Waals surface area contributed by atoms with Gasteiger partial charge in [-0.1, -0.05) is 11.8 Å². The largest absolute Gasteiger partial charge is 0.496 e. The number of halogens is 1. The Kier molecular flexibility index (Phi) is 4.62. The Morgan fingerprint density at radius 2 is 2.25 bits per heavy atom. The molecular formula is C11H10ClNO3. The molecule has 1 aromatic rings. The molecule has 1 rings (SSSR count). The third kappa shape index (κ3) is 3.44. The lowest BCUT2D eigenvalue weighted by Gasteiger charge is -2.00. The van der Waals surface area contributed by atoms with E-state index in [0.717, 1.165) is 0 Å². The molecule has 0 aromatic heterocycles. The van der Waals surface area contributed by atoms with E-state index in [0.29, 0.717) is 23.6 Å². The van der Waals surface area contributed by atoms with Crippen LogP contribution in [0.15, 0.2) is 18.2 Å². The molecule has 0 unspecified atom stereocenters. The van der Waals surface area contributed by atoms with Crippen LogP contribution in [0.3, 0.4) is 0 Å². The van der Waals surface area contributed by atoms with Gasteiger partial charge < -0.3 is 4.74 Å². The number of hydrogen-bond acceptors (Lipinski definition) is 3. The van der Waals surface area contributed by atoms with Gasteiger partial charge in [-0.2, -0.15) is 0 Å². The summed E-state index contributed by atoms with van der Waals surface area (Å²) >= 11 is 5.47. The lowest BCUT2D eigenvalue weighted by atomic mass is 10.2. The van der Waals surface area contributed by atoms with Gasteiger partial charge in [-0.15, -0.1) is 11.6 Å². The fraction of sp³-hybridized carbons (Fsp3) is 0.273. The third-order valence-corrected chi connectivity index (χ3v) is 1.98. The van der Waals surface area contributed by atoms with Crippen LogP contribution in [0.2, 0.25) is 0 Å². The second kappa shape index (κ2) is 5.99. The Hall–Kier alpha value is -1.73. The standard InChI is InChI=1S/C11H10ClNO3/c1-16-11-7-9(4-2-3-5-12)6-10(8-11)13(14)15/h6-8H,3,5H2,1H3. The Morgan fingerprint density at radius 1 is 1.50 bits per heavy atom. The second-order valence-corrected chi connectivity index (χ2v) is 3.30. The quantitative estimate of drug-likeness (QED) is 0.353. The molecule has 0 aliphatic rings. The third-order valence-electron chi connectivity index (χ3n) is 1.79. The van der Waals surface area contributed by atoms with E-state index in [1.165, 1.54) is 19.2 Å². The van der Waals surface area contributed by atoms with Gasteiger partial charge in [0.05, 0.1) is 18.1 Å². The number of rotatable bonds is 3. The molecular weight excluding hydrogens is 230 g/mol. The molecule has 0 spiro atoms. The summed E-state index contributed by atoms with van der Waals surface area (Å²) < 4.78 is 4.95. The average molecular weight is 240 g/mol. The molecule has 0 fully saturated rings. The van der Waals surface area contributed by atoms with Crippen molar-refractivity contribution in [1.29, 1.82) is 0 Å². The van der Waals surface area contributed by atoms with Crippen molar-refractivity contribution < 1.29 is 9.66 Å². The number of nitro benzene ring substituents is 1. The summed E-state index contributed by atoms with van der Waals surface area (Å²) in [5.74, 6) is 6.47. The van der Waals surface area contributed by atoms with Gasteiger partial charge in [-0.25, -0.2) is 0 Å². The minimum Gasteiger partial charge on any atom is -0.496 e. The Bertz CT molecular complexity index is 448. The fourth-order valence-corrected chi connectivity index (χ4v) is 1.19. The highest BCUT2D eigenvalue weighted by atomic mass is 35.5. The Labute approximate surface area is 98.3 Å². The number of ether oxygens (including phenoxy) is 1. The number of alkyl halides is 1. The molecule has 0 heterocycles. The van der Waals surface area contributed by atoms with Crippen LogP contribution in [-0.4, -0.2) is 17.9 Å². The number of benzene rings is 1. The first kappa shape index (κ1) is 12.3. The lowest BCUT2D eigenvalue weighted by Crippen LogP contribution is -1.91. The highest BCUT2D eigenvalue weighted by Crippen LogP contribution is 2.21. The first-order valence-electron chi connectivity index (χ1n) is 4.55. The van der Waals surface area contributed by atoms with E-state index in [2.05, 4.69) is 11.8 Å². The zero-order chi connectivity index (χ0) is 12.0. The van der Waals surface area contributed by atoms with Crippen molar-refractivity contribution in [3.63, 3.8) is 0 Å². The van der Waals surface area contributed by atoms with Crippen molar-refractivity contribution in [2.45, 2.75) is 6.42 Å². The zero-order valence-electron chi connectivity index (χ0n) is 8.70. The van der Waals surface area contributed by atoms with E-state index in [1.807, 2.05) is 0 Å². The minimum absolute atomic E-state index is 0.0328. The lowest BCUT2D eigenvalue weighted by molar-refractivity contribution is -0.384. The van der Waals surface area contributed by atoms with Gasteiger partial charge in [-0.3, -0.25) is 10.1 Å². The van der Waals surface area contributed by atoms with E-state index in [4.69, 9.17) is 16.3 Å². The van der Waals surface area contributed by atoms with Crippen molar-refractivity contribution in [3.05, 3.63) is 33.9 Å². The zero-order valence-corrected chi connectivity index (χ0v) is 9.45. The first-order valence-corrected chi connectivity index (χ1v) is 5.09. The summed E-state index contributed by atoms with van der Waals surface area (Å²) in [4.78, 5) is 10.2. The van der Waals surface area contributed by atoms with Gasteiger partial charge in [-0.05, 0) is 6.07 Å². The topological polar surface area (TPSA) is 52.4 Å². The van der Waals surface area contributed by atoms with Crippen molar-refractivity contribution >= 4 is 17.3 Å². The van der Waals surface area contributed by atoms with Crippen molar-refractivity contribution in [1.82, 2.24) is 0 Å². The van der Waals surface area contributed by atoms with Gasteiger partial charge in [0.2, 0.25) is 0 Å². The molecule has 5 heteroatoms. The van der Waals surface area contributed by atoms with Crippen molar-refractivity contribution in [2.24, 2.45) is 0 Å². The maximum absolute atomic E-state index is 10.6. The van der Waals surface area contributed by atoms with Crippen molar-refractivity contribution in [2.75, 3.05) is 13.0 Å². The summed E-state index contributed by atoms with van der Waals surface area (Å²) in [6.45, 7) is 0. The highest BCUT2D eigenvalue weighted by molar-refractivity contribution is 6.18. The molecule has 0 bridgehead atoms. The van der Waals surface area contributed by atoms with E-state index in [-0.39, 0.29) is 5.69 Å². The molecule has 0 saturated heterocycles. The normalized spacial score (nSPS) is 9.12. The fourth-order valence-electron chi connectivity index (χ4n) is 1.09. The molecule has 84 valence electrons. The molecule has 0 amide bonds. The summed E-state index contributed by atoms with van der Waals surface area (Å²) in [7, 11) is 1.45. The maximum atomic E-state index is 10.6. The van der Waals surface area contributed by atoms with E-state index in [1.54, 1.807) is 6.07 Å². The van der Waals surface area contributed by atoms with Crippen LogP contribution in [0.5, 0.6) is 5.75 Å². The van der Waals surface area contributed by atoms with Crippen LogP contribution in [0.4, 0.5) is 5.69 Å². The van der Waals surface area contributed by atoms with Gasteiger partial charge in [0, 0.05) is 23.9 Å². The Morgan fingerprint density at radius 3 is 2.81 bits per heavy atom. The van der Waals surface area contributed by atoms with Crippen LogP contribution in [0, 0.1) is 22.0 Å². The SMILES string of the molecule is COc1cc(C#CCCCl)cc([N+](=O)[O-])c1. The summed E-state index contributed by atoms with van der Waals surface area (Å²) in [6, 6.07) is 4.41. The monoisotopic (exact) mass is 239 g/mol. The van der Waals surface area contributed by atoms with Gasteiger partial charge in [0.15, 0.2) is 0 Å². The number of methoxy groups -OCH3 is 1. The molecule has 0 aliphatic heterocycles. The van der Waals surface area contributed by atoms with Gasteiger partial charge in [0.25, 0.3) is 5.69 Å². The first-order chi connectivity index (χ1) is 7.67. The predicted molar refractivity (Wildman–Crippen MR) is 61.9 cm³/mol. The molecule has 0 saturated carbocycles. The second-order valence-electron chi connectivity index (χ2n) is 2.92. The summed E-state index contributed by atoms with van der Waals surface area (Å²) in [6.07, 6.45) is 0.548. The number of nitrogens with zero attached hydrogens (tertiary/aromatic N) is 1. The van der Waals surface area contributed by atoms with Gasteiger partial charge >= 0.3 is 0 Å². The highest BCUT2D eigenvalue weighted by Gasteiger charge is 2.08. The molecule has 0 aliphatic carbocycles. The minimum atomic E-state index is -0.477. The molecule has 4 nitrogen and oxygen atoms in total. The van der Waals surface area contributed by atoms with E-state index >= 15 is 0 Å². The number of nitro groups is 1.